The number of hydrogen-bond donors (Lipinski definition) is 1. The Labute approximate surface area is 148 Å². The van der Waals surface area contributed by atoms with Crippen molar-refractivity contribution in [2.75, 3.05) is 11.9 Å². The van der Waals surface area contributed by atoms with Crippen LogP contribution < -0.4 is 5.32 Å². The molecule has 2 aromatic rings. The smallest absolute Gasteiger partial charge is 0.163 e. The second-order valence-electron chi connectivity index (χ2n) is 4.56. The molecule has 0 fully saturated rings. The highest BCUT2D eigenvalue weighted by Crippen LogP contribution is 2.31. The zero-order valence-electron chi connectivity index (χ0n) is 11.9. The van der Waals surface area contributed by atoms with E-state index in [0.717, 1.165) is 40.0 Å². The van der Waals surface area contributed by atoms with E-state index >= 15 is 0 Å². The van der Waals surface area contributed by atoms with Crippen LogP contribution in [0.1, 0.15) is 26.0 Å². The number of hydrogen-bond acceptors (Lipinski definition) is 3. The monoisotopic (exact) mass is 435 g/mol. The summed E-state index contributed by atoms with van der Waals surface area (Å²) >= 11 is 14.5. The molecule has 0 unspecified atom stereocenters. The van der Waals surface area contributed by atoms with Crippen LogP contribution in [0.25, 0.3) is 11.4 Å². The van der Waals surface area contributed by atoms with Crippen molar-refractivity contribution in [1.82, 2.24) is 9.97 Å². The highest BCUT2D eigenvalue weighted by molar-refractivity contribution is 14.1. The molecule has 0 atom stereocenters. The molecule has 0 saturated carbocycles. The molecule has 2 rings (SSSR count). The molecule has 1 heterocycles. The Hall–Kier alpha value is -0.590. The van der Waals surface area contributed by atoms with E-state index in [1.165, 1.54) is 0 Å². The van der Waals surface area contributed by atoms with Gasteiger partial charge in [0, 0.05) is 17.1 Å². The zero-order valence-corrected chi connectivity index (χ0v) is 15.6. The van der Waals surface area contributed by atoms with Crippen molar-refractivity contribution < 1.29 is 0 Å². The fourth-order valence-corrected chi connectivity index (χ4v) is 3.17. The van der Waals surface area contributed by atoms with Gasteiger partial charge >= 0.3 is 0 Å². The van der Waals surface area contributed by atoms with Crippen LogP contribution in [0.3, 0.4) is 0 Å². The van der Waals surface area contributed by atoms with Crippen LogP contribution in [0.15, 0.2) is 18.2 Å². The first-order chi connectivity index (χ1) is 10.1. The van der Waals surface area contributed by atoms with Crippen LogP contribution in [-0.4, -0.2) is 16.5 Å². The van der Waals surface area contributed by atoms with E-state index in [4.69, 9.17) is 23.2 Å². The van der Waals surface area contributed by atoms with Crippen molar-refractivity contribution in [3.8, 4) is 11.4 Å². The Morgan fingerprint density at radius 2 is 1.95 bits per heavy atom. The van der Waals surface area contributed by atoms with Crippen molar-refractivity contribution in [3.63, 3.8) is 0 Å². The molecule has 112 valence electrons. The first kappa shape index (κ1) is 16.8. The van der Waals surface area contributed by atoms with Crippen LogP contribution in [0.4, 0.5) is 5.82 Å². The third-order valence-electron chi connectivity index (χ3n) is 2.92. The minimum Gasteiger partial charge on any atom is -0.369 e. The van der Waals surface area contributed by atoms with Crippen LogP contribution in [0.5, 0.6) is 0 Å². The highest BCUT2D eigenvalue weighted by atomic mass is 127. The zero-order chi connectivity index (χ0) is 15.4. The third kappa shape index (κ3) is 3.99. The summed E-state index contributed by atoms with van der Waals surface area (Å²) < 4.78 is 1.07. The van der Waals surface area contributed by atoms with Crippen LogP contribution in [0.2, 0.25) is 10.0 Å². The lowest BCUT2D eigenvalue weighted by Gasteiger charge is -2.12. The molecule has 0 spiro atoms. The van der Waals surface area contributed by atoms with E-state index in [2.05, 4.69) is 44.8 Å². The lowest BCUT2D eigenvalue weighted by atomic mass is 10.2. The number of anilines is 1. The minimum atomic E-state index is 0.564. The molecule has 1 N–H and O–H groups in total. The van der Waals surface area contributed by atoms with Crippen molar-refractivity contribution in [2.24, 2.45) is 0 Å². The fourth-order valence-electron chi connectivity index (χ4n) is 1.97. The van der Waals surface area contributed by atoms with Gasteiger partial charge < -0.3 is 5.32 Å². The van der Waals surface area contributed by atoms with E-state index in [0.29, 0.717) is 15.9 Å². The van der Waals surface area contributed by atoms with Crippen LogP contribution in [-0.2, 0) is 6.42 Å². The SMILES string of the molecule is CCCc1nc(-c2ccc(Cl)cc2Cl)nc(NCC)c1I. The van der Waals surface area contributed by atoms with Crippen LogP contribution in [0, 0.1) is 3.57 Å². The van der Waals surface area contributed by atoms with Gasteiger partial charge in [-0.05, 0) is 54.1 Å². The number of rotatable bonds is 5. The van der Waals surface area contributed by atoms with Gasteiger partial charge in [0.1, 0.15) is 5.82 Å². The molecule has 0 aliphatic heterocycles. The van der Waals surface area contributed by atoms with E-state index < -0.39 is 0 Å². The van der Waals surface area contributed by atoms with Gasteiger partial charge in [0.25, 0.3) is 0 Å². The molecule has 0 aliphatic carbocycles. The molecule has 0 amide bonds. The average molecular weight is 436 g/mol. The maximum absolute atomic E-state index is 6.28. The molecule has 6 heteroatoms. The minimum absolute atomic E-state index is 0.564. The summed E-state index contributed by atoms with van der Waals surface area (Å²) in [4.78, 5) is 9.29. The number of aromatic nitrogens is 2. The molecule has 0 aliphatic rings. The van der Waals surface area contributed by atoms with Crippen molar-refractivity contribution in [3.05, 3.63) is 37.5 Å². The number of nitrogens with zero attached hydrogens (tertiary/aromatic N) is 2. The van der Waals surface area contributed by atoms with E-state index in [-0.39, 0.29) is 0 Å². The van der Waals surface area contributed by atoms with Crippen molar-refractivity contribution >= 4 is 51.6 Å². The second kappa shape index (κ2) is 7.61. The van der Waals surface area contributed by atoms with E-state index in [1.54, 1.807) is 12.1 Å². The molecule has 0 bridgehead atoms. The molecule has 0 radical (unpaired) electrons. The number of benzene rings is 1. The predicted molar refractivity (Wildman–Crippen MR) is 98.4 cm³/mol. The van der Waals surface area contributed by atoms with Crippen LogP contribution >= 0.6 is 45.8 Å². The van der Waals surface area contributed by atoms with Crippen molar-refractivity contribution in [1.29, 1.82) is 0 Å². The van der Waals surface area contributed by atoms with Gasteiger partial charge in [-0.3, -0.25) is 0 Å². The Morgan fingerprint density at radius 1 is 1.19 bits per heavy atom. The number of aryl methyl sites for hydroxylation is 1. The van der Waals surface area contributed by atoms with Gasteiger partial charge in [-0.25, -0.2) is 9.97 Å². The summed E-state index contributed by atoms with van der Waals surface area (Å²) in [6, 6.07) is 5.38. The van der Waals surface area contributed by atoms with E-state index in [1.807, 2.05) is 13.0 Å². The summed E-state index contributed by atoms with van der Waals surface area (Å²) in [7, 11) is 0. The lowest BCUT2D eigenvalue weighted by molar-refractivity contribution is 0.867. The first-order valence-electron chi connectivity index (χ1n) is 6.82. The van der Waals surface area contributed by atoms with Gasteiger partial charge in [-0.15, -0.1) is 0 Å². The molecule has 0 saturated heterocycles. The maximum Gasteiger partial charge on any atom is 0.163 e. The Bertz CT molecular complexity index is 620. The lowest BCUT2D eigenvalue weighted by Crippen LogP contribution is -2.08. The third-order valence-corrected chi connectivity index (χ3v) is 4.60. The standard InChI is InChI=1S/C15H16Cl2IN3/c1-3-5-12-13(18)15(19-4-2)21-14(20-12)10-7-6-9(16)8-11(10)17/h6-8H,3-5H2,1-2H3,(H,19,20,21). The van der Waals surface area contributed by atoms with Gasteiger partial charge in [-0.2, -0.15) is 0 Å². The molecule has 1 aromatic heterocycles. The molecule has 21 heavy (non-hydrogen) atoms. The summed E-state index contributed by atoms with van der Waals surface area (Å²) in [5.41, 5.74) is 1.85. The molecular formula is C15H16Cl2IN3. The quantitative estimate of drug-likeness (QED) is 0.635. The van der Waals surface area contributed by atoms with Gasteiger partial charge in [0.05, 0.1) is 14.3 Å². The first-order valence-corrected chi connectivity index (χ1v) is 8.66. The molecule has 1 aromatic carbocycles. The number of nitrogens with one attached hydrogen (secondary N) is 1. The molecular weight excluding hydrogens is 420 g/mol. The maximum atomic E-state index is 6.28. The fraction of sp³-hybridized carbons (Fsp3) is 0.333. The van der Waals surface area contributed by atoms with E-state index in [9.17, 15) is 0 Å². The summed E-state index contributed by atoms with van der Waals surface area (Å²) in [5.74, 6) is 1.49. The largest absolute Gasteiger partial charge is 0.369 e. The van der Waals surface area contributed by atoms with Crippen molar-refractivity contribution in [2.45, 2.75) is 26.7 Å². The Balaban J connectivity index is 2.56. The van der Waals surface area contributed by atoms with Gasteiger partial charge in [-0.1, -0.05) is 36.5 Å². The predicted octanol–water partition coefficient (Wildman–Crippen LogP) is 5.44. The Kier molecular flexibility index (Phi) is 6.08. The summed E-state index contributed by atoms with van der Waals surface area (Å²) in [6.45, 7) is 5.00. The number of halogens is 3. The van der Waals surface area contributed by atoms with Gasteiger partial charge in [0.15, 0.2) is 5.82 Å². The summed E-state index contributed by atoms with van der Waals surface area (Å²) in [6.07, 6.45) is 1.95. The Morgan fingerprint density at radius 3 is 2.57 bits per heavy atom. The second-order valence-corrected chi connectivity index (χ2v) is 6.48. The highest BCUT2D eigenvalue weighted by Gasteiger charge is 2.14. The molecule has 3 nitrogen and oxygen atoms in total. The normalized spacial score (nSPS) is 10.7. The summed E-state index contributed by atoms with van der Waals surface area (Å²) in [5, 5.41) is 4.46. The van der Waals surface area contributed by atoms with Gasteiger partial charge in [0.2, 0.25) is 0 Å². The topological polar surface area (TPSA) is 37.8 Å². The average Bonchev–Trinajstić information content (AvgIpc) is 2.43.